The summed E-state index contributed by atoms with van der Waals surface area (Å²) in [6.45, 7) is 6.12. The molecule has 1 amide bonds. The molecule has 0 spiro atoms. The maximum atomic E-state index is 12.7. The summed E-state index contributed by atoms with van der Waals surface area (Å²) >= 11 is 1.64. The van der Waals surface area contributed by atoms with Gasteiger partial charge in [0.05, 0.1) is 12.5 Å². The fourth-order valence-electron chi connectivity index (χ4n) is 3.68. The van der Waals surface area contributed by atoms with Gasteiger partial charge in [0.1, 0.15) is 0 Å². The minimum absolute atomic E-state index is 0.0406. The lowest BCUT2D eigenvalue weighted by Crippen LogP contribution is -2.29. The Morgan fingerprint density at radius 1 is 0.909 bits per heavy atom. The number of thioether (sulfide) groups is 1. The SMILES string of the molecule is Cc1ccc(-n2c(SCc3cccc(C)c3)nnc2C(C)NC(=O)Cc2ccccc2)cc1. The molecule has 0 aliphatic carbocycles. The molecule has 1 unspecified atom stereocenters. The molecule has 5 nitrogen and oxygen atoms in total. The zero-order chi connectivity index (χ0) is 23.2. The zero-order valence-electron chi connectivity index (χ0n) is 19.2. The van der Waals surface area contributed by atoms with Gasteiger partial charge in [-0.1, -0.05) is 89.6 Å². The summed E-state index contributed by atoms with van der Waals surface area (Å²) in [7, 11) is 0. The molecule has 33 heavy (non-hydrogen) atoms. The van der Waals surface area contributed by atoms with Gasteiger partial charge in [0.25, 0.3) is 0 Å². The lowest BCUT2D eigenvalue weighted by molar-refractivity contribution is -0.121. The van der Waals surface area contributed by atoms with E-state index in [2.05, 4.69) is 77.9 Å². The number of rotatable bonds is 8. The van der Waals surface area contributed by atoms with Crippen LogP contribution < -0.4 is 5.32 Å². The minimum Gasteiger partial charge on any atom is -0.346 e. The standard InChI is InChI=1S/C27H28N4OS/c1-19-12-14-24(15-13-19)31-26(21(3)28-25(32)17-22-9-5-4-6-10-22)29-30-27(31)33-18-23-11-7-8-20(2)16-23/h4-16,21H,17-18H2,1-3H3,(H,28,32). The Morgan fingerprint density at radius 3 is 2.36 bits per heavy atom. The molecule has 1 aromatic heterocycles. The third kappa shape index (κ3) is 5.90. The monoisotopic (exact) mass is 456 g/mol. The predicted molar refractivity (Wildman–Crippen MR) is 134 cm³/mol. The van der Waals surface area contributed by atoms with Crippen LogP contribution in [0.3, 0.4) is 0 Å². The number of hydrogen-bond acceptors (Lipinski definition) is 4. The molecule has 3 aromatic carbocycles. The number of nitrogens with one attached hydrogen (secondary N) is 1. The van der Waals surface area contributed by atoms with Crippen LogP contribution in [0, 0.1) is 13.8 Å². The number of benzene rings is 3. The third-order valence-corrected chi connectivity index (χ3v) is 6.37. The number of hydrogen-bond donors (Lipinski definition) is 1. The van der Waals surface area contributed by atoms with E-state index >= 15 is 0 Å². The molecule has 0 saturated heterocycles. The van der Waals surface area contributed by atoms with E-state index < -0.39 is 0 Å². The van der Waals surface area contributed by atoms with Crippen molar-refractivity contribution in [2.45, 2.75) is 44.1 Å². The molecular formula is C27H28N4OS. The quantitative estimate of drug-likeness (QED) is 0.351. The van der Waals surface area contributed by atoms with Gasteiger partial charge in [-0.25, -0.2) is 0 Å². The van der Waals surface area contributed by atoms with Gasteiger partial charge >= 0.3 is 0 Å². The highest BCUT2D eigenvalue weighted by atomic mass is 32.2. The summed E-state index contributed by atoms with van der Waals surface area (Å²) in [6.07, 6.45) is 0.332. The molecule has 0 fully saturated rings. The van der Waals surface area contributed by atoms with Crippen molar-refractivity contribution < 1.29 is 4.79 Å². The van der Waals surface area contributed by atoms with Crippen molar-refractivity contribution in [2.24, 2.45) is 0 Å². The van der Waals surface area contributed by atoms with Crippen molar-refractivity contribution in [1.82, 2.24) is 20.1 Å². The second-order valence-corrected chi connectivity index (χ2v) is 9.18. The predicted octanol–water partition coefficient (Wildman–Crippen LogP) is 5.60. The summed E-state index contributed by atoms with van der Waals surface area (Å²) in [5.41, 5.74) is 5.63. The van der Waals surface area contributed by atoms with E-state index in [-0.39, 0.29) is 11.9 Å². The molecule has 4 rings (SSSR count). The first-order valence-corrected chi connectivity index (χ1v) is 12.0. The van der Waals surface area contributed by atoms with E-state index in [0.717, 1.165) is 22.2 Å². The summed E-state index contributed by atoms with van der Waals surface area (Å²) in [6, 6.07) is 26.2. The van der Waals surface area contributed by atoms with Gasteiger partial charge in [0.2, 0.25) is 5.91 Å². The van der Waals surface area contributed by atoms with E-state index in [0.29, 0.717) is 12.2 Å². The first kappa shape index (κ1) is 22.8. The first-order chi connectivity index (χ1) is 16.0. The van der Waals surface area contributed by atoms with Crippen LogP contribution in [0.4, 0.5) is 0 Å². The second kappa shape index (κ2) is 10.5. The van der Waals surface area contributed by atoms with Gasteiger partial charge in [-0.2, -0.15) is 0 Å². The van der Waals surface area contributed by atoms with Crippen molar-refractivity contribution >= 4 is 17.7 Å². The number of aromatic nitrogens is 3. The lowest BCUT2D eigenvalue weighted by Gasteiger charge is -2.16. The smallest absolute Gasteiger partial charge is 0.224 e. The molecule has 1 N–H and O–H groups in total. The van der Waals surface area contributed by atoms with Crippen molar-refractivity contribution in [3.05, 3.63) is 107 Å². The van der Waals surface area contributed by atoms with E-state index in [1.807, 2.05) is 41.8 Å². The maximum absolute atomic E-state index is 12.7. The van der Waals surface area contributed by atoms with Gasteiger partial charge in [-0.05, 0) is 44.0 Å². The first-order valence-electron chi connectivity index (χ1n) is 11.0. The molecule has 168 valence electrons. The summed E-state index contributed by atoms with van der Waals surface area (Å²) in [4.78, 5) is 12.7. The van der Waals surface area contributed by atoms with Gasteiger partial charge in [-0.15, -0.1) is 10.2 Å². The molecule has 6 heteroatoms. The molecule has 1 atom stereocenters. The number of aryl methyl sites for hydroxylation is 2. The lowest BCUT2D eigenvalue weighted by atomic mass is 10.1. The van der Waals surface area contributed by atoms with E-state index in [1.165, 1.54) is 16.7 Å². The second-order valence-electron chi connectivity index (χ2n) is 8.24. The maximum Gasteiger partial charge on any atom is 0.224 e. The van der Waals surface area contributed by atoms with Crippen molar-refractivity contribution in [3.63, 3.8) is 0 Å². The largest absolute Gasteiger partial charge is 0.346 e. The Morgan fingerprint density at radius 2 is 1.64 bits per heavy atom. The molecule has 0 radical (unpaired) electrons. The number of amides is 1. The van der Waals surface area contributed by atoms with Crippen LogP contribution >= 0.6 is 11.8 Å². The zero-order valence-corrected chi connectivity index (χ0v) is 20.0. The minimum atomic E-state index is -0.289. The highest BCUT2D eigenvalue weighted by Crippen LogP contribution is 2.28. The fraction of sp³-hybridized carbons (Fsp3) is 0.222. The topological polar surface area (TPSA) is 59.8 Å². The Labute approximate surface area is 199 Å². The normalized spacial score (nSPS) is 11.8. The Balaban J connectivity index is 1.57. The highest BCUT2D eigenvalue weighted by Gasteiger charge is 2.21. The van der Waals surface area contributed by atoms with Crippen LogP contribution in [0.15, 0.2) is 84.0 Å². The summed E-state index contributed by atoms with van der Waals surface area (Å²) in [5, 5.41) is 12.9. The van der Waals surface area contributed by atoms with Crippen LogP contribution in [0.5, 0.6) is 0 Å². The van der Waals surface area contributed by atoms with Crippen LogP contribution in [0.25, 0.3) is 5.69 Å². The Kier molecular flexibility index (Phi) is 7.25. The van der Waals surface area contributed by atoms with Crippen LogP contribution in [-0.4, -0.2) is 20.7 Å². The number of carbonyl (C=O) groups excluding carboxylic acids is 1. The molecule has 4 aromatic rings. The van der Waals surface area contributed by atoms with Crippen LogP contribution in [-0.2, 0) is 17.0 Å². The van der Waals surface area contributed by atoms with Crippen molar-refractivity contribution in [2.75, 3.05) is 0 Å². The molecule has 1 heterocycles. The van der Waals surface area contributed by atoms with Crippen LogP contribution in [0.1, 0.15) is 41.0 Å². The molecule has 0 saturated carbocycles. The molecule has 0 aliphatic rings. The summed E-state index contributed by atoms with van der Waals surface area (Å²) < 4.78 is 2.05. The highest BCUT2D eigenvalue weighted by molar-refractivity contribution is 7.98. The third-order valence-electron chi connectivity index (χ3n) is 5.37. The molecular weight excluding hydrogens is 428 g/mol. The average Bonchev–Trinajstić information content (AvgIpc) is 3.23. The Bertz CT molecular complexity index is 1220. The van der Waals surface area contributed by atoms with Crippen molar-refractivity contribution in [1.29, 1.82) is 0 Å². The number of carbonyl (C=O) groups is 1. The Hall–Kier alpha value is -3.38. The number of nitrogens with zero attached hydrogens (tertiary/aromatic N) is 3. The fourth-order valence-corrected chi connectivity index (χ4v) is 4.58. The molecule has 0 bridgehead atoms. The van der Waals surface area contributed by atoms with Gasteiger partial charge < -0.3 is 5.32 Å². The van der Waals surface area contributed by atoms with Crippen LogP contribution in [0.2, 0.25) is 0 Å². The van der Waals surface area contributed by atoms with E-state index in [4.69, 9.17) is 0 Å². The average molecular weight is 457 g/mol. The van der Waals surface area contributed by atoms with E-state index in [9.17, 15) is 4.79 Å². The van der Waals surface area contributed by atoms with Crippen molar-refractivity contribution in [3.8, 4) is 5.69 Å². The molecule has 0 aliphatic heterocycles. The van der Waals surface area contributed by atoms with Gasteiger partial charge in [0.15, 0.2) is 11.0 Å². The van der Waals surface area contributed by atoms with E-state index in [1.54, 1.807) is 11.8 Å². The van der Waals surface area contributed by atoms with Gasteiger partial charge in [0, 0.05) is 11.4 Å². The summed E-state index contributed by atoms with van der Waals surface area (Å²) in [5.74, 6) is 1.47. The van der Waals surface area contributed by atoms with Gasteiger partial charge in [-0.3, -0.25) is 9.36 Å².